The number of nitrogens with zero attached hydrogens (tertiary/aromatic N) is 2. The van der Waals surface area contributed by atoms with Crippen molar-refractivity contribution in [2.45, 2.75) is 25.1 Å². The summed E-state index contributed by atoms with van der Waals surface area (Å²) in [6.45, 7) is -0.177. The van der Waals surface area contributed by atoms with Crippen LogP contribution in [0.15, 0.2) is 48.5 Å². The third kappa shape index (κ3) is 3.90. The van der Waals surface area contributed by atoms with Crippen molar-refractivity contribution < 1.29 is 22.3 Å². The summed E-state index contributed by atoms with van der Waals surface area (Å²) in [6, 6.07) is 13.8. The number of ether oxygens (including phenoxy) is 1. The molecule has 1 aliphatic rings. The Morgan fingerprint density at radius 3 is 2.42 bits per heavy atom. The van der Waals surface area contributed by atoms with Crippen molar-refractivity contribution in [3.05, 3.63) is 54.3 Å². The second-order valence-corrected chi connectivity index (χ2v) is 6.17. The lowest BCUT2D eigenvalue weighted by molar-refractivity contribution is -0.168. The fourth-order valence-corrected chi connectivity index (χ4v) is 3.13. The molecule has 0 unspecified atom stereocenters. The molecule has 0 amide bonds. The Hall–Kier alpha value is -2.75. The minimum Gasteiger partial charge on any atom is -0.454 e. The molecule has 1 saturated heterocycles. The molecule has 3 rings (SSSR count). The molecular formula is C19H16F4N2O. The van der Waals surface area contributed by atoms with Gasteiger partial charge < -0.3 is 9.64 Å². The van der Waals surface area contributed by atoms with Crippen molar-refractivity contribution in [3.63, 3.8) is 0 Å². The molecule has 0 N–H and O–H groups in total. The van der Waals surface area contributed by atoms with Gasteiger partial charge in [-0.1, -0.05) is 12.1 Å². The second-order valence-electron chi connectivity index (χ2n) is 6.17. The van der Waals surface area contributed by atoms with E-state index >= 15 is 0 Å². The number of anilines is 1. The van der Waals surface area contributed by atoms with Crippen molar-refractivity contribution in [2.75, 3.05) is 11.4 Å². The Kier molecular flexibility index (Phi) is 5.03. The monoisotopic (exact) mass is 364 g/mol. The van der Waals surface area contributed by atoms with E-state index < -0.39 is 24.0 Å². The number of para-hydroxylation sites is 1. The summed E-state index contributed by atoms with van der Waals surface area (Å²) in [7, 11) is 0. The van der Waals surface area contributed by atoms with Crippen LogP contribution in [0.25, 0.3) is 0 Å². The van der Waals surface area contributed by atoms with Gasteiger partial charge in [-0.2, -0.15) is 18.4 Å². The van der Waals surface area contributed by atoms with Crippen LogP contribution in [0, 0.1) is 23.1 Å². The molecule has 0 aliphatic carbocycles. The largest absolute Gasteiger partial charge is 0.454 e. The minimum atomic E-state index is -4.28. The first-order chi connectivity index (χ1) is 12.4. The second kappa shape index (κ2) is 7.24. The highest BCUT2D eigenvalue weighted by molar-refractivity contribution is 5.52. The molecule has 0 radical (unpaired) electrons. The molecule has 2 atom stereocenters. The summed E-state index contributed by atoms with van der Waals surface area (Å²) in [5, 5.41) is 8.90. The van der Waals surface area contributed by atoms with Gasteiger partial charge in [-0.3, -0.25) is 0 Å². The van der Waals surface area contributed by atoms with Crippen LogP contribution in [-0.2, 0) is 0 Å². The zero-order valence-corrected chi connectivity index (χ0v) is 13.7. The Bertz CT molecular complexity index is 798. The highest BCUT2D eigenvalue weighted by Gasteiger charge is 2.47. The van der Waals surface area contributed by atoms with Gasteiger partial charge in [0.25, 0.3) is 0 Å². The highest BCUT2D eigenvalue weighted by atomic mass is 19.4. The van der Waals surface area contributed by atoms with Gasteiger partial charge in [0, 0.05) is 18.3 Å². The zero-order chi connectivity index (χ0) is 18.7. The normalized spacial score (nSPS) is 20.0. The van der Waals surface area contributed by atoms with Gasteiger partial charge in [0.2, 0.25) is 0 Å². The van der Waals surface area contributed by atoms with Crippen molar-refractivity contribution in [3.8, 4) is 17.6 Å². The predicted octanol–water partition coefficient (Wildman–Crippen LogP) is 5.29. The predicted molar refractivity (Wildman–Crippen MR) is 88.4 cm³/mol. The Morgan fingerprint density at radius 1 is 1.12 bits per heavy atom. The van der Waals surface area contributed by atoms with E-state index in [0.29, 0.717) is 11.4 Å². The van der Waals surface area contributed by atoms with Crippen LogP contribution in [-0.4, -0.2) is 18.8 Å². The van der Waals surface area contributed by atoms with Gasteiger partial charge in [-0.05, 0) is 42.8 Å². The summed E-state index contributed by atoms with van der Waals surface area (Å²) in [6.07, 6.45) is -4.35. The van der Waals surface area contributed by atoms with E-state index in [4.69, 9.17) is 10.00 Å². The van der Waals surface area contributed by atoms with Gasteiger partial charge in [-0.15, -0.1) is 0 Å². The van der Waals surface area contributed by atoms with Gasteiger partial charge in [0.05, 0.1) is 18.4 Å². The van der Waals surface area contributed by atoms with E-state index in [2.05, 4.69) is 0 Å². The Labute approximate surface area is 148 Å². The average molecular weight is 364 g/mol. The first-order valence-corrected chi connectivity index (χ1v) is 8.11. The van der Waals surface area contributed by atoms with Crippen LogP contribution in [0.5, 0.6) is 11.5 Å². The maximum Gasteiger partial charge on any atom is 0.393 e. The minimum absolute atomic E-state index is 0.0278. The summed E-state index contributed by atoms with van der Waals surface area (Å²) in [5.41, 5.74) is 0.581. The third-order valence-electron chi connectivity index (χ3n) is 4.44. The SMILES string of the molecule is N#CC[C@@H]1C[C@H](C(F)(F)F)CN1c1ccc(Oc2ccccc2F)cc1. The first kappa shape index (κ1) is 18.1. The first-order valence-electron chi connectivity index (χ1n) is 8.11. The summed E-state index contributed by atoms with van der Waals surface area (Å²) in [4.78, 5) is 1.61. The van der Waals surface area contributed by atoms with E-state index in [1.165, 1.54) is 12.1 Å². The molecule has 0 aromatic heterocycles. The lowest BCUT2D eigenvalue weighted by Gasteiger charge is -2.25. The number of alkyl halides is 3. The summed E-state index contributed by atoms with van der Waals surface area (Å²) in [5.74, 6) is -1.50. The number of halogens is 4. The number of benzene rings is 2. The van der Waals surface area contributed by atoms with Crippen LogP contribution in [0.4, 0.5) is 23.2 Å². The molecule has 136 valence electrons. The summed E-state index contributed by atoms with van der Waals surface area (Å²) >= 11 is 0. The van der Waals surface area contributed by atoms with E-state index in [1.54, 1.807) is 41.3 Å². The number of nitriles is 1. The van der Waals surface area contributed by atoms with Crippen LogP contribution >= 0.6 is 0 Å². The molecule has 0 bridgehead atoms. The lowest BCUT2D eigenvalue weighted by Crippen LogP contribution is -2.30. The van der Waals surface area contributed by atoms with E-state index in [1.807, 2.05) is 6.07 Å². The molecule has 3 nitrogen and oxygen atoms in total. The Morgan fingerprint density at radius 2 is 1.81 bits per heavy atom. The van der Waals surface area contributed by atoms with Crippen molar-refractivity contribution in [1.29, 1.82) is 5.26 Å². The fourth-order valence-electron chi connectivity index (χ4n) is 3.13. The molecular weight excluding hydrogens is 348 g/mol. The van der Waals surface area contributed by atoms with Gasteiger partial charge >= 0.3 is 6.18 Å². The molecule has 1 aliphatic heterocycles. The van der Waals surface area contributed by atoms with Gasteiger partial charge in [0.15, 0.2) is 11.6 Å². The molecule has 0 spiro atoms. The molecule has 7 heteroatoms. The molecule has 2 aromatic carbocycles. The van der Waals surface area contributed by atoms with Crippen molar-refractivity contribution in [1.82, 2.24) is 0 Å². The number of rotatable bonds is 4. The van der Waals surface area contributed by atoms with Crippen LogP contribution in [0.1, 0.15) is 12.8 Å². The maximum absolute atomic E-state index is 13.6. The topological polar surface area (TPSA) is 36.3 Å². The van der Waals surface area contributed by atoms with Gasteiger partial charge in [0.1, 0.15) is 5.75 Å². The lowest BCUT2D eigenvalue weighted by atomic mass is 10.0. The smallest absolute Gasteiger partial charge is 0.393 e. The Balaban J connectivity index is 1.76. The maximum atomic E-state index is 13.6. The van der Waals surface area contributed by atoms with Gasteiger partial charge in [-0.25, -0.2) is 4.39 Å². The van der Waals surface area contributed by atoms with Crippen LogP contribution in [0.2, 0.25) is 0 Å². The van der Waals surface area contributed by atoms with Crippen LogP contribution < -0.4 is 9.64 Å². The van der Waals surface area contributed by atoms with Crippen molar-refractivity contribution in [2.24, 2.45) is 5.92 Å². The molecule has 26 heavy (non-hydrogen) atoms. The van der Waals surface area contributed by atoms with Crippen molar-refractivity contribution >= 4 is 5.69 Å². The number of hydrogen-bond acceptors (Lipinski definition) is 3. The van der Waals surface area contributed by atoms with E-state index in [0.717, 1.165) is 0 Å². The third-order valence-corrected chi connectivity index (χ3v) is 4.44. The molecule has 1 heterocycles. The quantitative estimate of drug-likeness (QED) is 0.692. The standard InChI is InChI=1S/C19H16F4N2O/c20-17-3-1-2-4-18(17)26-16-7-5-14(6-8-16)25-12-13(19(21,22)23)11-15(25)9-10-24/h1-8,13,15H,9,11-12H2/t13-,15+/m0/s1. The van der Waals surface area contributed by atoms with E-state index in [9.17, 15) is 17.6 Å². The average Bonchev–Trinajstić information content (AvgIpc) is 3.02. The highest BCUT2D eigenvalue weighted by Crippen LogP contribution is 2.40. The molecule has 1 fully saturated rings. The zero-order valence-electron chi connectivity index (χ0n) is 13.7. The molecule has 0 saturated carbocycles. The fraction of sp³-hybridized carbons (Fsp3) is 0.316. The van der Waals surface area contributed by atoms with E-state index in [-0.39, 0.29) is 25.1 Å². The molecule has 2 aromatic rings. The number of hydrogen-bond donors (Lipinski definition) is 0. The van der Waals surface area contributed by atoms with Crippen LogP contribution in [0.3, 0.4) is 0 Å². The summed E-state index contributed by atoms with van der Waals surface area (Å²) < 4.78 is 58.2.